The summed E-state index contributed by atoms with van der Waals surface area (Å²) >= 11 is 9.66. The van der Waals surface area contributed by atoms with E-state index in [0.29, 0.717) is 17.5 Å². The summed E-state index contributed by atoms with van der Waals surface area (Å²) in [6.45, 7) is 6.29. The molecule has 1 heterocycles. The molecule has 132 valence electrons. The average Bonchev–Trinajstić information content (AvgIpc) is 2.56. The summed E-state index contributed by atoms with van der Waals surface area (Å²) in [5.74, 6) is 0.759. The molecule has 0 radical (unpaired) electrons. The molecular formula is C15H20NO3PS4. The normalized spacial score (nSPS) is 21.6. The Hall–Kier alpha value is 0.180. The molecule has 9 heteroatoms. The van der Waals surface area contributed by atoms with Crippen molar-refractivity contribution in [2.75, 3.05) is 19.0 Å². The highest BCUT2D eigenvalue weighted by atomic mass is 32.3. The Kier molecular flexibility index (Phi) is 7.87. The van der Waals surface area contributed by atoms with Gasteiger partial charge in [0.05, 0.1) is 13.2 Å². The van der Waals surface area contributed by atoms with Crippen LogP contribution in [0, 0.1) is 0 Å². The molecule has 1 unspecified atom stereocenters. The number of hydrogen-bond acceptors (Lipinski definition) is 7. The molecule has 0 saturated heterocycles. The van der Waals surface area contributed by atoms with E-state index in [9.17, 15) is 4.57 Å². The van der Waals surface area contributed by atoms with Crippen LogP contribution in [0.5, 0.6) is 0 Å². The minimum Gasteiger partial charge on any atom is -0.307 e. The molecule has 0 aliphatic carbocycles. The Balaban J connectivity index is 2.47. The molecule has 1 aromatic carbocycles. The predicted molar refractivity (Wildman–Crippen MR) is 112 cm³/mol. The number of aliphatic imine (C=N–C) groups is 1. The van der Waals surface area contributed by atoms with E-state index in [2.05, 4.69) is 4.99 Å². The van der Waals surface area contributed by atoms with Crippen LogP contribution in [-0.4, -0.2) is 31.5 Å². The van der Waals surface area contributed by atoms with Gasteiger partial charge in [0.2, 0.25) is 3.15 Å². The summed E-state index contributed by atoms with van der Waals surface area (Å²) in [6, 6.07) is 9.78. The monoisotopic (exact) mass is 421 g/mol. The van der Waals surface area contributed by atoms with Gasteiger partial charge in [0.1, 0.15) is 5.04 Å². The summed E-state index contributed by atoms with van der Waals surface area (Å²) in [4.78, 5) is 4.49. The summed E-state index contributed by atoms with van der Waals surface area (Å²) in [6.07, 6.45) is 0. The Labute approximate surface area is 161 Å². The first-order chi connectivity index (χ1) is 11.5. The summed E-state index contributed by atoms with van der Waals surface area (Å²) in [5, 5.41) is 0.750. The Morgan fingerprint density at radius 2 is 1.79 bits per heavy atom. The molecule has 0 saturated carbocycles. The molecular weight excluding hydrogens is 401 g/mol. The lowest BCUT2D eigenvalue weighted by molar-refractivity contribution is 0.221. The van der Waals surface area contributed by atoms with Gasteiger partial charge in [-0.3, -0.25) is 4.57 Å². The number of benzene rings is 1. The zero-order chi connectivity index (χ0) is 17.6. The van der Waals surface area contributed by atoms with Gasteiger partial charge in [0, 0.05) is 5.56 Å². The van der Waals surface area contributed by atoms with E-state index < -0.39 is 10.7 Å². The van der Waals surface area contributed by atoms with Gasteiger partial charge in [-0.2, -0.15) is 0 Å². The van der Waals surface area contributed by atoms with E-state index in [-0.39, 0.29) is 0 Å². The van der Waals surface area contributed by atoms with Gasteiger partial charge in [-0.1, -0.05) is 73.0 Å². The van der Waals surface area contributed by atoms with Gasteiger partial charge in [0.25, 0.3) is 0 Å². The number of thioether (sulfide) groups is 3. The van der Waals surface area contributed by atoms with Gasteiger partial charge >= 0.3 is 7.60 Å². The van der Waals surface area contributed by atoms with Crippen molar-refractivity contribution < 1.29 is 13.6 Å². The molecule has 0 N–H and O–H groups in total. The third-order valence-electron chi connectivity index (χ3n) is 2.92. The predicted octanol–water partition coefficient (Wildman–Crippen LogP) is 5.83. The molecule has 0 bridgehead atoms. The lowest BCUT2D eigenvalue weighted by atomic mass is 10.2. The second-order valence-corrected chi connectivity index (χ2v) is 12.9. The first kappa shape index (κ1) is 20.5. The third kappa shape index (κ3) is 4.47. The minimum atomic E-state index is -3.42. The van der Waals surface area contributed by atoms with Crippen molar-refractivity contribution in [2.24, 2.45) is 4.99 Å². The van der Waals surface area contributed by atoms with Crippen molar-refractivity contribution >= 4 is 64.5 Å². The molecule has 0 spiro atoms. The lowest BCUT2D eigenvalue weighted by Gasteiger charge is -2.38. The van der Waals surface area contributed by atoms with Crippen molar-refractivity contribution in [1.29, 1.82) is 0 Å². The van der Waals surface area contributed by atoms with E-state index in [0.717, 1.165) is 16.4 Å². The van der Waals surface area contributed by atoms with Gasteiger partial charge in [-0.15, -0.1) is 11.8 Å². The van der Waals surface area contributed by atoms with Crippen LogP contribution >= 0.6 is 55.1 Å². The molecule has 24 heavy (non-hydrogen) atoms. The molecule has 4 nitrogen and oxygen atoms in total. The summed E-state index contributed by atoms with van der Waals surface area (Å²) in [5.41, 5.74) is 0.950. The van der Waals surface area contributed by atoms with Crippen LogP contribution in [-0.2, 0) is 13.6 Å². The minimum absolute atomic E-state index is 0.314. The van der Waals surface area contributed by atoms with Gasteiger partial charge in [-0.25, -0.2) is 4.99 Å². The fourth-order valence-corrected chi connectivity index (χ4v) is 11.2. The van der Waals surface area contributed by atoms with Crippen molar-refractivity contribution in [1.82, 2.24) is 0 Å². The second kappa shape index (κ2) is 9.21. The molecule has 0 amide bonds. The Morgan fingerprint density at radius 3 is 2.33 bits per heavy atom. The molecule has 1 atom stereocenters. The standard InChI is InChI=1S/C15H20NO3PS4/c1-4-18-20(17,19-5-2)15(22-6-3)23-13(16-14(21)24-15)12-10-8-7-9-11-12/h7-11H,4-6H2,1-3H3. The van der Waals surface area contributed by atoms with Crippen molar-refractivity contribution in [3.63, 3.8) is 0 Å². The number of thiocarbonyl (C=S) groups is 1. The van der Waals surface area contributed by atoms with Crippen LogP contribution < -0.4 is 0 Å². The number of hydrogen-bond donors (Lipinski definition) is 0. The van der Waals surface area contributed by atoms with E-state index in [1.165, 1.54) is 35.3 Å². The van der Waals surface area contributed by atoms with Gasteiger partial charge in [0.15, 0.2) is 4.32 Å². The smallest absolute Gasteiger partial charge is 0.307 e. The highest BCUT2D eigenvalue weighted by Gasteiger charge is 2.56. The first-order valence-corrected chi connectivity index (χ1v) is 12.2. The number of rotatable bonds is 8. The summed E-state index contributed by atoms with van der Waals surface area (Å²) < 4.78 is 24.5. The zero-order valence-corrected chi connectivity index (χ0v) is 17.9. The lowest BCUT2D eigenvalue weighted by Crippen LogP contribution is -2.27. The molecule has 1 aliphatic heterocycles. The SMILES string of the molecule is CCOP(=O)(OCC)C1(SCC)SC(=S)N=C(c2ccccc2)S1. The van der Waals surface area contributed by atoms with E-state index >= 15 is 0 Å². The quantitative estimate of drug-likeness (QED) is 0.387. The molecule has 1 aliphatic rings. The van der Waals surface area contributed by atoms with E-state index in [1.54, 1.807) is 0 Å². The highest BCUT2D eigenvalue weighted by Crippen LogP contribution is 2.75. The van der Waals surface area contributed by atoms with Crippen LogP contribution in [0.2, 0.25) is 0 Å². The fraction of sp³-hybridized carbons (Fsp3) is 0.467. The Morgan fingerprint density at radius 1 is 1.17 bits per heavy atom. The molecule has 1 aromatic rings. The maximum atomic E-state index is 13.6. The van der Waals surface area contributed by atoms with E-state index in [1.807, 2.05) is 51.1 Å². The van der Waals surface area contributed by atoms with Crippen LogP contribution in [0.25, 0.3) is 0 Å². The van der Waals surface area contributed by atoms with Crippen LogP contribution in [0.1, 0.15) is 26.3 Å². The van der Waals surface area contributed by atoms with Crippen LogP contribution in [0.4, 0.5) is 0 Å². The second-order valence-electron chi connectivity index (χ2n) is 4.54. The average molecular weight is 422 g/mol. The fourth-order valence-electron chi connectivity index (χ4n) is 2.05. The van der Waals surface area contributed by atoms with Crippen molar-refractivity contribution in [2.45, 2.75) is 23.9 Å². The Bertz CT molecular complexity index is 645. The van der Waals surface area contributed by atoms with Crippen molar-refractivity contribution in [3.8, 4) is 0 Å². The van der Waals surface area contributed by atoms with Crippen LogP contribution in [0.15, 0.2) is 35.3 Å². The van der Waals surface area contributed by atoms with E-state index in [4.69, 9.17) is 21.3 Å². The zero-order valence-electron chi connectivity index (χ0n) is 13.8. The maximum absolute atomic E-state index is 13.6. The largest absolute Gasteiger partial charge is 0.367 e. The molecule has 0 aromatic heterocycles. The maximum Gasteiger partial charge on any atom is 0.367 e. The van der Waals surface area contributed by atoms with Crippen molar-refractivity contribution in [3.05, 3.63) is 35.9 Å². The van der Waals surface area contributed by atoms with Gasteiger partial charge < -0.3 is 9.05 Å². The molecule has 0 fully saturated rings. The molecule has 2 rings (SSSR count). The first-order valence-electron chi connectivity index (χ1n) is 7.59. The van der Waals surface area contributed by atoms with Crippen LogP contribution in [0.3, 0.4) is 0 Å². The number of nitrogens with zero attached hydrogens (tertiary/aromatic N) is 1. The highest BCUT2D eigenvalue weighted by molar-refractivity contribution is 8.50. The topological polar surface area (TPSA) is 47.9 Å². The third-order valence-corrected chi connectivity index (χ3v) is 11.7. The van der Waals surface area contributed by atoms with Gasteiger partial charge in [-0.05, 0) is 19.6 Å². The summed E-state index contributed by atoms with van der Waals surface area (Å²) in [7, 11) is -3.42.